The number of hydrogen-bond donors (Lipinski definition) is 1. The molecule has 100 valence electrons. The van der Waals surface area contributed by atoms with E-state index in [9.17, 15) is 4.39 Å². The van der Waals surface area contributed by atoms with E-state index < -0.39 is 6.04 Å². The zero-order valence-corrected chi connectivity index (χ0v) is 10.7. The van der Waals surface area contributed by atoms with Gasteiger partial charge < -0.3 is 10.5 Å². The zero-order chi connectivity index (χ0) is 13.0. The normalized spacial score (nSPS) is 22.9. The molecular formula is C13H20FN3O. The van der Waals surface area contributed by atoms with Crippen LogP contribution in [0.3, 0.4) is 0 Å². The van der Waals surface area contributed by atoms with Gasteiger partial charge in [-0.15, -0.1) is 0 Å². The predicted molar refractivity (Wildman–Crippen MR) is 67.6 cm³/mol. The summed E-state index contributed by atoms with van der Waals surface area (Å²) in [6.45, 7) is 5.52. The Hall–Kier alpha value is -1.04. The van der Waals surface area contributed by atoms with Gasteiger partial charge >= 0.3 is 0 Å². The molecule has 0 aromatic carbocycles. The van der Waals surface area contributed by atoms with Crippen molar-refractivity contribution < 1.29 is 9.13 Å². The van der Waals surface area contributed by atoms with Crippen molar-refractivity contribution in [1.82, 2.24) is 9.88 Å². The first-order valence-electron chi connectivity index (χ1n) is 6.41. The molecule has 2 unspecified atom stereocenters. The lowest BCUT2D eigenvalue weighted by Crippen LogP contribution is -2.47. The van der Waals surface area contributed by atoms with Crippen LogP contribution in [0, 0.1) is 5.82 Å². The van der Waals surface area contributed by atoms with Gasteiger partial charge in [-0.2, -0.15) is 0 Å². The van der Waals surface area contributed by atoms with E-state index in [-0.39, 0.29) is 11.9 Å². The molecule has 5 heteroatoms. The van der Waals surface area contributed by atoms with Crippen LogP contribution in [0.4, 0.5) is 4.39 Å². The number of hydrogen-bond acceptors (Lipinski definition) is 4. The molecule has 0 radical (unpaired) electrons. The van der Waals surface area contributed by atoms with E-state index >= 15 is 0 Å². The minimum Gasteiger partial charge on any atom is -0.374 e. The number of morpholine rings is 1. The third-order valence-corrected chi connectivity index (χ3v) is 3.28. The Balaban J connectivity index is 2.04. The second-order valence-corrected chi connectivity index (χ2v) is 4.63. The lowest BCUT2D eigenvalue weighted by molar-refractivity contribution is -0.0412. The Labute approximate surface area is 107 Å². The molecule has 2 heterocycles. The maximum absolute atomic E-state index is 13.6. The van der Waals surface area contributed by atoms with E-state index in [0.29, 0.717) is 12.2 Å². The molecule has 1 aliphatic rings. The van der Waals surface area contributed by atoms with Gasteiger partial charge in [0.15, 0.2) is 0 Å². The van der Waals surface area contributed by atoms with Crippen LogP contribution < -0.4 is 5.73 Å². The smallest absolute Gasteiger partial charge is 0.146 e. The van der Waals surface area contributed by atoms with Gasteiger partial charge in [0.1, 0.15) is 5.82 Å². The Morgan fingerprint density at radius 2 is 2.50 bits per heavy atom. The summed E-state index contributed by atoms with van der Waals surface area (Å²) in [4.78, 5) is 6.05. The second-order valence-electron chi connectivity index (χ2n) is 4.63. The molecule has 0 spiro atoms. The van der Waals surface area contributed by atoms with Crippen LogP contribution in [-0.2, 0) is 4.74 Å². The van der Waals surface area contributed by atoms with E-state index in [1.165, 1.54) is 6.20 Å². The van der Waals surface area contributed by atoms with Crippen molar-refractivity contribution in [1.29, 1.82) is 0 Å². The highest BCUT2D eigenvalue weighted by molar-refractivity contribution is 5.18. The largest absolute Gasteiger partial charge is 0.374 e. The molecule has 1 fully saturated rings. The van der Waals surface area contributed by atoms with Crippen molar-refractivity contribution in [2.45, 2.75) is 25.5 Å². The SMILES string of the molecule is CCCN1CCOC(C(N)c2ccncc2F)C1. The number of halogens is 1. The average molecular weight is 253 g/mol. The van der Waals surface area contributed by atoms with E-state index in [2.05, 4.69) is 16.8 Å². The molecule has 0 aliphatic carbocycles. The van der Waals surface area contributed by atoms with Gasteiger partial charge in [0.2, 0.25) is 0 Å². The molecule has 1 saturated heterocycles. The summed E-state index contributed by atoms with van der Waals surface area (Å²) >= 11 is 0. The average Bonchev–Trinajstić information content (AvgIpc) is 2.39. The highest BCUT2D eigenvalue weighted by Gasteiger charge is 2.27. The minimum absolute atomic E-state index is 0.151. The zero-order valence-electron chi connectivity index (χ0n) is 10.7. The predicted octanol–water partition coefficient (Wildman–Crippen LogP) is 1.33. The fourth-order valence-electron chi connectivity index (χ4n) is 2.32. The van der Waals surface area contributed by atoms with E-state index in [1.807, 2.05) is 0 Å². The van der Waals surface area contributed by atoms with Gasteiger partial charge in [-0.3, -0.25) is 9.88 Å². The van der Waals surface area contributed by atoms with E-state index in [0.717, 1.165) is 26.1 Å². The van der Waals surface area contributed by atoms with Gasteiger partial charge in [-0.05, 0) is 19.0 Å². The van der Waals surface area contributed by atoms with Gasteiger partial charge in [0.05, 0.1) is 24.9 Å². The molecule has 4 nitrogen and oxygen atoms in total. The molecule has 2 atom stereocenters. The maximum atomic E-state index is 13.6. The van der Waals surface area contributed by atoms with Crippen molar-refractivity contribution >= 4 is 0 Å². The van der Waals surface area contributed by atoms with Crippen LogP contribution in [0.5, 0.6) is 0 Å². The number of nitrogens with zero attached hydrogens (tertiary/aromatic N) is 2. The molecule has 1 aromatic rings. The number of ether oxygens (including phenoxy) is 1. The maximum Gasteiger partial charge on any atom is 0.146 e. The first-order valence-corrected chi connectivity index (χ1v) is 6.41. The van der Waals surface area contributed by atoms with Crippen LogP contribution in [0.1, 0.15) is 24.9 Å². The van der Waals surface area contributed by atoms with Gasteiger partial charge in [0, 0.05) is 24.8 Å². The molecule has 2 N–H and O–H groups in total. The minimum atomic E-state index is -0.437. The summed E-state index contributed by atoms with van der Waals surface area (Å²) in [5.74, 6) is -0.360. The summed E-state index contributed by atoms with van der Waals surface area (Å²) in [5, 5.41) is 0. The molecule has 2 rings (SSSR count). The third kappa shape index (κ3) is 3.04. The molecule has 0 amide bonds. The van der Waals surface area contributed by atoms with Crippen molar-refractivity contribution in [2.75, 3.05) is 26.2 Å². The Morgan fingerprint density at radius 3 is 3.22 bits per heavy atom. The summed E-state index contributed by atoms with van der Waals surface area (Å²) in [6.07, 6.45) is 3.71. The number of nitrogens with two attached hydrogens (primary N) is 1. The molecule has 1 aromatic heterocycles. The van der Waals surface area contributed by atoms with Crippen molar-refractivity contribution in [2.24, 2.45) is 5.73 Å². The van der Waals surface area contributed by atoms with Crippen LogP contribution >= 0.6 is 0 Å². The fraction of sp³-hybridized carbons (Fsp3) is 0.615. The van der Waals surface area contributed by atoms with Crippen molar-refractivity contribution in [3.8, 4) is 0 Å². The van der Waals surface area contributed by atoms with Gasteiger partial charge in [0.25, 0.3) is 0 Å². The lowest BCUT2D eigenvalue weighted by Gasteiger charge is -2.35. The van der Waals surface area contributed by atoms with Crippen LogP contribution in [0.15, 0.2) is 18.5 Å². The van der Waals surface area contributed by atoms with Crippen molar-refractivity contribution in [3.63, 3.8) is 0 Å². The lowest BCUT2D eigenvalue weighted by atomic mass is 10.0. The van der Waals surface area contributed by atoms with E-state index in [4.69, 9.17) is 10.5 Å². The molecule has 0 bridgehead atoms. The molecule has 0 saturated carbocycles. The topological polar surface area (TPSA) is 51.4 Å². The Kier molecular flexibility index (Phi) is 4.63. The molecule has 18 heavy (non-hydrogen) atoms. The van der Waals surface area contributed by atoms with Crippen LogP contribution in [0.25, 0.3) is 0 Å². The number of rotatable bonds is 4. The summed E-state index contributed by atoms with van der Waals surface area (Å²) in [6, 6.07) is 1.19. The highest BCUT2D eigenvalue weighted by atomic mass is 19.1. The fourth-order valence-corrected chi connectivity index (χ4v) is 2.32. The quantitative estimate of drug-likeness (QED) is 0.879. The van der Waals surface area contributed by atoms with Gasteiger partial charge in [-0.1, -0.05) is 6.92 Å². The van der Waals surface area contributed by atoms with Crippen molar-refractivity contribution in [3.05, 3.63) is 29.8 Å². The van der Waals surface area contributed by atoms with Crippen LogP contribution in [-0.4, -0.2) is 42.2 Å². The number of aromatic nitrogens is 1. The Bertz CT molecular complexity index is 386. The Morgan fingerprint density at radius 1 is 1.67 bits per heavy atom. The summed E-state index contributed by atoms with van der Waals surface area (Å²) < 4.78 is 19.3. The number of pyridine rings is 1. The standard InChI is InChI=1S/C13H20FN3O/c1-2-5-17-6-7-18-12(9-17)13(15)10-3-4-16-8-11(10)14/h3-4,8,12-13H,2,5-7,9,15H2,1H3. The summed E-state index contributed by atoms with van der Waals surface area (Å²) in [7, 11) is 0. The first kappa shape index (κ1) is 13.4. The monoisotopic (exact) mass is 253 g/mol. The summed E-state index contributed by atoms with van der Waals surface area (Å²) in [5.41, 5.74) is 6.59. The molecular weight excluding hydrogens is 233 g/mol. The third-order valence-electron chi connectivity index (χ3n) is 3.28. The second kappa shape index (κ2) is 6.22. The van der Waals surface area contributed by atoms with Gasteiger partial charge in [-0.25, -0.2) is 4.39 Å². The highest BCUT2D eigenvalue weighted by Crippen LogP contribution is 2.22. The van der Waals surface area contributed by atoms with Crippen LogP contribution in [0.2, 0.25) is 0 Å². The first-order chi connectivity index (χ1) is 8.72. The van der Waals surface area contributed by atoms with E-state index in [1.54, 1.807) is 12.3 Å². The molecule has 1 aliphatic heterocycles.